The number of hydrogen-bond donors (Lipinski definition) is 1. The first-order chi connectivity index (χ1) is 8.38. The normalized spacial score (nSPS) is 32.3. The molecule has 0 aliphatic heterocycles. The van der Waals surface area contributed by atoms with E-state index in [4.69, 9.17) is 4.74 Å². The summed E-state index contributed by atoms with van der Waals surface area (Å²) in [7, 11) is 1.83. The Kier molecular flexibility index (Phi) is 5.79. The highest BCUT2D eigenvalue weighted by molar-refractivity contribution is 4.81. The van der Waals surface area contributed by atoms with E-state index in [2.05, 4.69) is 5.32 Å². The second-order valence-corrected chi connectivity index (χ2v) is 6.03. The third-order valence-electron chi connectivity index (χ3n) is 4.58. The van der Waals surface area contributed by atoms with Gasteiger partial charge in [-0.25, -0.2) is 0 Å². The number of nitrogens with one attached hydrogen (secondary N) is 1. The fourth-order valence-corrected chi connectivity index (χ4v) is 3.51. The van der Waals surface area contributed by atoms with Gasteiger partial charge in [-0.3, -0.25) is 0 Å². The molecular weight excluding hydrogens is 210 g/mol. The Hall–Kier alpha value is -0.0800. The second kappa shape index (κ2) is 7.38. The van der Waals surface area contributed by atoms with Crippen LogP contribution in [0.1, 0.15) is 64.2 Å². The van der Waals surface area contributed by atoms with Gasteiger partial charge in [0.25, 0.3) is 0 Å². The van der Waals surface area contributed by atoms with Crippen LogP contribution in [0.2, 0.25) is 0 Å². The minimum atomic E-state index is 0.797. The minimum Gasteiger partial charge on any atom is -0.384 e. The van der Waals surface area contributed by atoms with Gasteiger partial charge in [0, 0.05) is 25.8 Å². The number of methoxy groups -OCH3 is 1. The van der Waals surface area contributed by atoms with Crippen LogP contribution in [0.4, 0.5) is 0 Å². The van der Waals surface area contributed by atoms with Crippen LogP contribution in [-0.4, -0.2) is 25.8 Å². The number of rotatable bonds is 4. The molecule has 0 bridgehead atoms. The predicted octanol–water partition coefficient (Wildman–Crippen LogP) is 3.50. The lowest BCUT2D eigenvalue weighted by Crippen LogP contribution is -2.40. The lowest BCUT2D eigenvalue weighted by atomic mass is 9.86. The van der Waals surface area contributed by atoms with Gasteiger partial charge in [-0.05, 0) is 44.4 Å². The molecule has 0 spiro atoms. The molecule has 0 aromatic rings. The highest BCUT2D eigenvalue weighted by Crippen LogP contribution is 2.26. The highest BCUT2D eigenvalue weighted by atomic mass is 16.5. The van der Waals surface area contributed by atoms with Crippen molar-refractivity contribution in [2.45, 2.75) is 76.3 Å². The van der Waals surface area contributed by atoms with E-state index in [1.165, 1.54) is 64.2 Å². The number of hydrogen-bond acceptors (Lipinski definition) is 2. The summed E-state index contributed by atoms with van der Waals surface area (Å²) in [5.41, 5.74) is 0. The fourth-order valence-electron chi connectivity index (χ4n) is 3.51. The summed E-state index contributed by atoms with van der Waals surface area (Å²) in [6.45, 7) is 0.968. The van der Waals surface area contributed by atoms with E-state index in [9.17, 15) is 0 Å². The molecule has 2 aliphatic carbocycles. The SMILES string of the molecule is COC[C@H]1CC[C@H](NC2CCCCCC2)CC1. The van der Waals surface area contributed by atoms with Crippen LogP contribution in [0.15, 0.2) is 0 Å². The summed E-state index contributed by atoms with van der Waals surface area (Å²) in [5, 5.41) is 3.92. The van der Waals surface area contributed by atoms with Crippen LogP contribution >= 0.6 is 0 Å². The van der Waals surface area contributed by atoms with E-state index in [-0.39, 0.29) is 0 Å². The van der Waals surface area contributed by atoms with E-state index in [1.807, 2.05) is 7.11 Å². The molecule has 2 saturated carbocycles. The van der Waals surface area contributed by atoms with Gasteiger partial charge >= 0.3 is 0 Å². The van der Waals surface area contributed by atoms with Crippen molar-refractivity contribution in [3.63, 3.8) is 0 Å². The van der Waals surface area contributed by atoms with Gasteiger partial charge in [0.15, 0.2) is 0 Å². The van der Waals surface area contributed by atoms with Crippen LogP contribution in [0.3, 0.4) is 0 Å². The zero-order valence-electron chi connectivity index (χ0n) is 11.4. The highest BCUT2D eigenvalue weighted by Gasteiger charge is 2.23. The average molecular weight is 239 g/mol. The first kappa shape index (κ1) is 13.4. The fraction of sp³-hybridized carbons (Fsp3) is 1.00. The van der Waals surface area contributed by atoms with Gasteiger partial charge < -0.3 is 10.1 Å². The summed E-state index contributed by atoms with van der Waals surface area (Å²) in [6, 6.07) is 1.62. The molecule has 0 unspecified atom stereocenters. The predicted molar refractivity (Wildman–Crippen MR) is 72.2 cm³/mol. The molecule has 0 saturated heterocycles. The lowest BCUT2D eigenvalue weighted by Gasteiger charge is -2.31. The molecular formula is C15H29NO. The zero-order valence-corrected chi connectivity index (χ0v) is 11.4. The van der Waals surface area contributed by atoms with E-state index < -0.39 is 0 Å². The molecule has 100 valence electrons. The van der Waals surface area contributed by atoms with Crippen molar-refractivity contribution >= 4 is 0 Å². The van der Waals surface area contributed by atoms with Crippen molar-refractivity contribution in [2.75, 3.05) is 13.7 Å². The molecule has 0 atom stereocenters. The molecule has 0 radical (unpaired) electrons. The zero-order chi connectivity index (χ0) is 11.9. The molecule has 0 aromatic heterocycles. The molecule has 2 nitrogen and oxygen atoms in total. The molecule has 2 heteroatoms. The van der Waals surface area contributed by atoms with Gasteiger partial charge in [0.05, 0.1) is 0 Å². The third kappa shape index (κ3) is 4.59. The lowest BCUT2D eigenvalue weighted by molar-refractivity contribution is 0.122. The molecule has 2 fully saturated rings. The van der Waals surface area contributed by atoms with E-state index in [1.54, 1.807) is 0 Å². The van der Waals surface area contributed by atoms with Crippen molar-refractivity contribution in [3.05, 3.63) is 0 Å². The van der Waals surface area contributed by atoms with E-state index >= 15 is 0 Å². The average Bonchev–Trinajstić information content (AvgIpc) is 2.61. The minimum absolute atomic E-state index is 0.797. The Morgan fingerprint density at radius 1 is 0.824 bits per heavy atom. The van der Waals surface area contributed by atoms with Crippen LogP contribution in [0.25, 0.3) is 0 Å². The third-order valence-corrected chi connectivity index (χ3v) is 4.58. The van der Waals surface area contributed by atoms with Gasteiger partial charge in [0.2, 0.25) is 0 Å². The summed E-state index contributed by atoms with van der Waals surface area (Å²) >= 11 is 0. The Morgan fingerprint density at radius 3 is 2.00 bits per heavy atom. The Labute approximate surface area is 107 Å². The van der Waals surface area contributed by atoms with Crippen molar-refractivity contribution in [1.29, 1.82) is 0 Å². The molecule has 2 aliphatic rings. The first-order valence-corrected chi connectivity index (χ1v) is 7.63. The van der Waals surface area contributed by atoms with Gasteiger partial charge in [-0.15, -0.1) is 0 Å². The Morgan fingerprint density at radius 2 is 1.41 bits per heavy atom. The largest absolute Gasteiger partial charge is 0.384 e. The second-order valence-electron chi connectivity index (χ2n) is 6.03. The van der Waals surface area contributed by atoms with Crippen molar-refractivity contribution in [2.24, 2.45) is 5.92 Å². The van der Waals surface area contributed by atoms with Gasteiger partial charge in [-0.2, -0.15) is 0 Å². The Bertz CT molecular complexity index is 191. The van der Waals surface area contributed by atoms with Crippen molar-refractivity contribution in [1.82, 2.24) is 5.32 Å². The first-order valence-electron chi connectivity index (χ1n) is 7.63. The van der Waals surface area contributed by atoms with E-state index in [0.29, 0.717) is 0 Å². The van der Waals surface area contributed by atoms with Gasteiger partial charge in [0.1, 0.15) is 0 Å². The maximum atomic E-state index is 5.26. The monoisotopic (exact) mass is 239 g/mol. The van der Waals surface area contributed by atoms with Gasteiger partial charge in [-0.1, -0.05) is 25.7 Å². The standard InChI is InChI=1S/C15H29NO/c1-17-12-13-8-10-15(11-9-13)16-14-6-4-2-3-5-7-14/h13-16H,2-12H2,1H3/t13-,15-. The summed E-state index contributed by atoms with van der Waals surface area (Å²) in [6.07, 6.45) is 14.1. The Balaban J connectivity index is 1.66. The van der Waals surface area contributed by atoms with Crippen molar-refractivity contribution in [3.8, 4) is 0 Å². The molecule has 0 heterocycles. The molecule has 17 heavy (non-hydrogen) atoms. The smallest absolute Gasteiger partial charge is 0.0490 e. The quantitative estimate of drug-likeness (QED) is 0.758. The maximum absolute atomic E-state index is 5.26. The molecule has 0 amide bonds. The summed E-state index contributed by atoms with van der Waals surface area (Å²) < 4.78 is 5.26. The van der Waals surface area contributed by atoms with Crippen LogP contribution in [0, 0.1) is 5.92 Å². The van der Waals surface area contributed by atoms with Crippen LogP contribution in [-0.2, 0) is 4.74 Å². The number of ether oxygens (including phenoxy) is 1. The molecule has 2 rings (SSSR count). The van der Waals surface area contributed by atoms with Crippen LogP contribution < -0.4 is 5.32 Å². The molecule has 0 aromatic carbocycles. The summed E-state index contributed by atoms with van der Waals surface area (Å²) in [5.74, 6) is 0.826. The molecule has 1 N–H and O–H groups in total. The maximum Gasteiger partial charge on any atom is 0.0490 e. The summed E-state index contributed by atoms with van der Waals surface area (Å²) in [4.78, 5) is 0. The van der Waals surface area contributed by atoms with E-state index in [0.717, 1.165) is 24.6 Å². The topological polar surface area (TPSA) is 21.3 Å². The van der Waals surface area contributed by atoms with Crippen LogP contribution in [0.5, 0.6) is 0 Å². The van der Waals surface area contributed by atoms with Crippen molar-refractivity contribution < 1.29 is 4.74 Å².